The van der Waals surface area contributed by atoms with Crippen molar-refractivity contribution in [1.82, 2.24) is 14.9 Å². The fraction of sp³-hybridized carbons (Fsp3) is 0.419. The van der Waals surface area contributed by atoms with Gasteiger partial charge in [0, 0.05) is 30.9 Å². The highest BCUT2D eigenvalue weighted by atomic mass is 19.4. The molecule has 1 amide bonds. The van der Waals surface area contributed by atoms with Gasteiger partial charge in [0.2, 0.25) is 5.95 Å². The van der Waals surface area contributed by atoms with Crippen molar-refractivity contribution in [3.63, 3.8) is 0 Å². The molecule has 1 saturated heterocycles. The Morgan fingerprint density at radius 1 is 1.10 bits per heavy atom. The van der Waals surface area contributed by atoms with Crippen LogP contribution in [-0.2, 0) is 22.1 Å². The van der Waals surface area contributed by atoms with E-state index in [1.54, 1.807) is 0 Å². The third-order valence-corrected chi connectivity index (χ3v) is 8.64. The zero-order chi connectivity index (χ0) is 29.9. The molecule has 5 rings (SSSR count). The summed E-state index contributed by atoms with van der Waals surface area (Å²) in [6.07, 6.45) is -1.69. The average molecular weight is 583 g/mol. The van der Waals surface area contributed by atoms with Gasteiger partial charge in [-0.15, -0.1) is 0 Å². The van der Waals surface area contributed by atoms with Crippen LogP contribution in [-0.4, -0.2) is 52.2 Å². The molecule has 3 aromatic rings. The monoisotopic (exact) mass is 582 g/mol. The number of nitrogens with zero attached hydrogens (tertiary/aromatic N) is 3. The highest BCUT2D eigenvalue weighted by molar-refractivity contribution is 5.79. The molecule has 0 radical (unpaired) electrons. The molecule has 222 valence electrons. The Hall–Kier alpha value is -4.15. The molecular formula is C31H33F3N4O4. The quantitative estimate of drug-likeness (QED) is 0.283. The highest BCUT2D eigenvalue weighted by Gasteiger charge is 2.54. The predicted octanol–water partition coefficient (Wildman–Crippen LogP) is 6.77. The summed E-state index contributed by atoms with van der Waals surface area (Å²) >= 11 is 0. The van der Waals surface area contributed by atoms with E-state index in [4.69, 9.17) is 4.74 Å². The first-order chi connectivity index (χ1) is 20.1. The molecule has 1 aliphatic carbocycles. The molecule has 0 bridgehead atoms. The number of amides is 1. The molecule has 2 N–H and O–H groups in total. The number of carboxylic acid groups (broad SMARTS) is 1. The zero-order valence-electron chi connectivity index (χ0n) is 23.2. The Morgan fingerprint density at radius 3 is 2.31 bits per heavy atom. The van der Waals surface area contributed by atoms with Crippen molar-refractivity contribution in [2.45, 2.75) is 56.5 Å². The largest absolute Gasteiger partial charge is 0.469 e. The molecule has 2 heterocycles. The van der Waals surface area contributed by atoms with Crippen LogP contribution in [0.15, 0.2) is 60.8 Å². The van der Waals surface area contributed by atoms with Gasteiger partial charge in [-0.25, -0.2) is 14.8 Å². The van der Waals surface area contributed by atoms with Crippen molar-refractivity contribution in [3.8, 4) is 0 Å². The number of anilines is 2. The summed E-state index contributed by atoms with van der Waals surface area (Å²) < 4.78 is 48.1. The third kappa shape index (κ3) is 6.05. The molecule has 2 aliphatic rings. The number of esters is 1. The number of carbonyl (C=O) groups is 2. The van der Waals surface area contributed by atoms with Gasteiger partial charge in [-0.05, 0) is 61.3 Å². The second-order valence-corrected chi connectivity index (χ2v) is 11.0. The van der Waals surface area contributed by atoms with Crippen molar-refractivity contribution >= 4 is 23.7 Å². The SMILES string of the molecule is COC(=O)C1(C(Cc2ccccc2)c2nc(Nc3ccc(C4CCN(C(=O)O)CC4)cc3)ncc2C(F)(F)F)CCC1. The van der Waals surface area contributed by atoms with Crippen LogP contribution in [0.25, 0.3) is 0 Å². The molecule has 2 aromatic carbocycles. The van der Waals surface area contributed by atoms with Gasteiger partial charge in [0.25, 0.3) is 0 Å². The minimum atomic E-state index is -4.72. The lowest BCUT2D eigenvalue weighted by atomic mass is 9.58. The molecular weight excluding hydrogens is 549 g/mol. The van der Waals surface area contributed by atoms with Crippen LogP contribution in [0.5, 0.6) is 0 Å². The molecule has 42 heavy (non-hydrogen) atoms. The first-order valence-corrected chi connectivity index (χ1v) is 14.0. The van der Waals surface area contributed by atoms with Crippen LogP contribution in [0.1, 0.15) is 66.3 Å². The maximum absolute atomic E-state index is 14.3. The second kappa shape index (κ2) is 12.0. The summed E-state index contributed by atoms with van der Waals surface area (Å²) in [6.45, 7) is 0.943. The van der Waals surface area contributed by atoms with Gasteiger partial charge in [-0.3, -0.25) is 4.79 Å². The third-order valence-electron chi connectivity index (χ3n) is 8.64. The summed E-state index contributed by atoms with van der Waals surface area (Å²) in [5, 5.41) is 12.2. The number of piperidine rings is 1. The molecule has 1 aliphatic heterocycles. The van der Waals surface area contributed by atoms with Gasteiger partial charge < -0.3 is 20.1 Å². The molecule has 1 unspecified atom stereocenters. The number of nitrogens with one attached hydrogen (secondary N) is 1. The number of methoxy groups -OCH3 is 1. The summed E-state index contributed by atoms with van der Waals surface area (Å²) in [5.41, 5.74) is 0.145. The number of hydrogen-bond acceptors (Lipinski definition) is 6. The van der Waals surface area contributed by atoms with Crippen LogP contribution in [0.4, 0.5) is 29.6 Å². The molecule has 0 spiro atoms. The molecule has 8 nitrogen and oxygen atoms in total. The topological polar surface area (TPSA) is 105 Å². The zero-order valence-corrected chi connectivity index (χ0v) is 23.2. The van der Waals surface area contributed by atoms with Gasteiger partial charge in [-0.2, -0.15) is 13.2 Å². The smallest absolute Gasteiger partial charge is 0.419 e. The Balaban J connectivity index is 1.45. The highest BCUT2D eigenvalue weighted by Crippen LogP contribution is 2.55. The van der Waals surface area contributed by atoms with Crippen molar-refractivity contribution in [2.24, 2.45) is 5.41 Å². The Bertz CT molecular complexity index is 1400. The maximum atomic E-state index is 14.3. The number of hydrogen-bond donors (Lipinski definition) is 2. The number of halogens is 3. The summed E-state index contributed by atoms with van der Waals surface area (Å²) in [7, 11) is 1.26. The van der Waals surface area contributed by atoms with Crippen LogP contribution < -0.4 is 5.32 Å². The van der Waals surface area contributed by atoms with Crippen LogP contribution in [0.3, 0.4) is 0 Å². The minimum Gasteiger partial charge on any atom is -0.469 e. The van der Waals surface area contributed by atoms with E-state index in [0.29, 0.717) is 38.0 Å². The van der Waals surface area contributed by atoms with Gasteiger partial charge >= 0.3 is 18.2 Å². The maximum Gasteiger partial charge on any atom is 0.419 e. The van der Waals surface area contributed by atoms with Crippen molar-refractivity contribution in [1.29, 1.82) is 0 Å². The molecule has 11 heteroatoms. The normalized spacial score (nSPS) is 17.7. The van der Waals surface area contributed by atoms with Crippen LogP contribution >= 0.6 is 0 Å². The van der Waals surface area contributed by atoms with E-state index in [1.807, 2.05) is 54.6 Å². The predicted molar refractivity (Wildman–Crippen MR) is 150 cm³/mol. The van der Waals surface area contributed by atoms with E-state index in [0.717, 1.165) is 30.2 Å². The summed E-state index contributed by atoms with van der Waals surface area (Å²) in [4.78, 5) is 34.1. The molecule has 1 aromatic heterocycles. The van der Waals surface area contributed by atoms with Gasteiger partial charge in [0.15, 0.2) is 0 Å². The van der Waals surface area contributed by atoms with E-state index in [1.165, 1.54) is 12.0 Å². The van der Waals surface area contributed by atoms with E-state index in [2.05, 4.69) is 15.3 Å². The van der Waals surface area contributed by atoms with E-state index < -0.39 is 35.1 Å². The number of alkyl halides is 3. The number of ether oxygens (including phenoxy) is 1. The van der Waals surface area contributed by atoms with E-state index in [-0.39, 0.29) is 24.0 Å². The lowest BCUT2D eigenvalue weighted by Crippen LogP contribution is -2.46. The van der Waals surface area contributed by atoms with Crippen LogP contribution in [0.2, 0.25) is 0 Å². The standard InChI is InChI=1S/C31H33F3N4O4/c1-42-27(39)30(14-5-15-30)24(18-20-6-3-2-4-7-20)26-25(31(32,33)34)19-35-28(37-26)36-23-10-8-21(9-11-23)22-12-16-38(17-13-22)29(40)41/h2-4,6-11,19,22,24H,5,12-18H2,1H3,(H,40,41)(H,35,36,37). The lowest BCUT2D eigenvalue weighted by molar-refractivity contribution is -0.162. The minimum absolute atomic E-state index is 0.00193. The van der Waals surface area contributed by atoms with Crippen molar-refractivity contribution in [2.75, 3.05) is 25.5 Å². The number of carbonyl (C=O) groups excluding carboxylic acids is 1. The van der Waals surface area contributed by atoms with Crippen LogP contribution in [0, 0.1) is 5.41 Å². The number of aromatic nitrogens is 2. The van der Waals surface area contributed by atoms with Gasteiger partial charge in [-0.1, -0.05) is 48.9 Å². The Morgan fingerprint density at radius 2 is 1.76 bits per heavy atom. The van der Waals surface area contributed by atoms with E-state index in [9.17, 15) is 27.9 Å². The lowest BCUT2D eigenvalue weighted by Gasteiger charge is -2.45. The second-order valence-electron chi connectivity index (χ2n) is 11.0. The number of rotatable bonds is 8. The summed E-state index contributed by atoms with van der Waals surface area (Å²) in [6, 6.07) is 16.6. The number of likely N-dealkylation sites (tertiary alicyclic amines) is 1. The molecule has 1 atom stereocenters. The average Bonchev–Trinajstić information content (AvgIpc) is 2.96. The first kappa shape index (κ1) is 29.3. The fourth-order valence-corrected chi connectivity index (χ4v) is 6.17. The number of benzene rings is 2. The van der Waals surface area contributed by atoms with Crippen molar-refractivity contribution in [3.05, 3.63) is 83.2 Å². The van der Waals surface area contributed by atoms with Gasteiger partial charge in [0.1, 0.15) is 0 Å². The van der Waals surface area contributed by atoms with Gasteiger partial charge in [0.05, 0.1) is 23.8 Å². The summed E-state index contributed by atoms with van der Waals surface area (Å²) in [5.74, 6) is -1.18. The van der Waals surface area contributed by atoms with Crippen molar-refractivity contribution < 1.29 is 32.6 Å². The first-order valence-electron chi connectivity index (χ1n) is 14.0. The van der Waals surface area contributed by atoms with E-state index >= 15 is 0 Å². The Labute approximate surface area is 241 Å². The fourth-order valence-electron chi connectivity index (χ4n) is 6.17. The molecule has 1 saturated carbocycles. The Kier molecular flexibility index (Phi) is 8.38. The molecule has 2 fully saturated rings.